The van der Waals surface area contributed by atoms with Crippen LogP contribution < -0.4 is 35.0 Å². The molecule has 29 heavy (non-hydrogen) atoms. The van der Waals surface area contributed by atoms with E-state index in [-0.39, 0.29) is 35.3 Å². The third-order valence-electron chi connectivity index (χ3n) is 3.92. The summed E-state index contributed by atoms with van der Waals surface area (Å²) in [6.07, 6.45) is 1.02. The number of carbonyl (C=O) groups is 1. The van der Waals surface area contributed by atoms with Gasteiger partial charge in [-0.15, -0.1) is 0 Å². The van der Waals surface area contributed by atoms with Crippen LogP contribution in [0.1, 0.15) is 16.9 Å². The van der Waals surface area contributed by atoms with E-state index in [4.69, 9.17) is 4.42 Å². The van der Waals surface area contributed by atoms with Crippen molar-refractivity contribution in [2.75, 3.05) is 0 Å². The number of amides is 1. The van der Waals surface area contributed by atoms with Crippen LogP contribution in [0.2, 0.25) is 0 Å². The number of hydrogen-bond donors (Lipinski definition) is 2. The van der Waals surface area contributed by atoms with E-state index in [1.807, 2.05) is 0 Å². The Bertz CT molecular complexity index is 1060. The van der Waals surface area contributed by atoms with Gasteiger partial charge in [0.1, 0.15) is 5.76 Å². The van der Waals surface area contributed by atoms with Gasteiger partial charge in [0, 0.05) is 0 Å². The van der Waals surface area contributed by atoms with Gasteiger partial charge in [-0.2, -0.15) is 5.10 Å². The molecule has 144 valence electrons. The van der Waals surface area contributed by atoms with E-state index in [0.717, 1.165) is 12.3 Å². The Balaban J connectivity index is 0.00000300. The van der Waals surface area contributed by atoms with Crippen molar-refractivity contribution in [3.63, 3.8) is 0 Å². The molecule has 1 amide bonds. The maximum Gasteiger partial charge on any atom is 1.00 e. The van der Waals surface area contributed by atoms with Crippen molar-refractivity contribution in [3.8, 4) is 0 Å². The van der Waals surface area contributed by atoms with Crippen molar-refractivity contribution in [1.29, 1.82) is 0 Å². The van der Waals surface area contributed by atoms with Crippen LogP contribution in [0.4, 0.5) is 0 Å². The molecular formula is C19H15N2NaO6S. The van der Waals surface area contributed by atoms with E-state index in [1.54, 1.807) is 60.7 Å². The number of benzene rings is 2. The molecule has 0 radical (unpaired) electrons. The molecule has 0 aliphatic heterocycles. The van der Waals surface area contributed by atoms with Crippen LogP contribution in [0.15, 0.2) is 87.4 Å². The molecule has 3 rings (SSSR count). The molecule has 10 heteroatoms. The molecular weight excluding hydrogens is 407 g/mol. The normalized spacial score (nSPS) is 11.8. The third-order valence-corrected chi connectivity index (χ3v) is 4.63. The first-order chi connectivity index (χ1) is 13.3. The molecule has 0 saturated carbocycles. The zero-order valence-electron chi connectivity index (χ0n) is 15.3. The quantitative estimate of drug-likeness (QED) is 0.217. The van der Waals surface area contributed by atoms with Gasteiger partial charge < -0.3 is 14.1 Å². The summed E-state index contributed by atoms with van der Waals surface area (Å²) in [5.41, 5.74) is 0.881. The monoisotopic (exact) mass is 422 g/mol. The van der Waals surface area contributed by atoms with Crippen molar-refractivity contribution >= 4 is 22.2 Å². The molecule has 1 heterocycles. The molecule has 1 aromatic heterocycles. The summed E-state index contributed by atoms with van der Waals surface area (Å²) >= 11 is 0. The van der Waals surface area contributed by atoms with Crippen molar-refractivity contribution < 1.29 is 56.8 Å². The fourth-order valence-corrected chi connectivity index (χ4v) is 2.99. The molecule has 0 spiro atoms. The van der Waals surface area contributed by atoms with Crippen LogP contribution in [0.5, 0.6) is 0 Å². The molecule has 0 saturated heterocycles. The molecule has 0 fully saturated rings. The number of nitrogens with one attached hydrogen (secondary N) is 1. The van der Waals surface area contributed by atoms with Gasteiger partial charge in [0.2, 0.25) is 5.09 Å². The second kappa shape index (κ2) is 9.49. The smallest absolute Gasteiger partial charge is 0.742 e. The molecule has 0 aliphatic rings. The largest absolute Gasteiger partial charge is 1.00 e. The minimum atomic E-state index is -4.72. The maximum atomic E-state index is 12.8. The Morgan fingerprint density at radius 1 is 1.00 bits per heavy atom. The summed E-state index contributed by atoms with van der Waals surface area (Å²) in [5.74, 6) is -0.887. The number of hydrazone groups is 1. The van der Waals surface area contributed by atoms with Gasteiger partial charge >= 0.3 is 29.6 Å². The van der Waals surface area contributed by atoms with Gasteiger partial charge in [-0.05, 0) is 23.3 Å². The number of rotatable bonds is 6. The van der Waals surface area contributed by atoms with E-state index in [2.05, 4.69) is 10.5 Å². The molecule has 0 unspecified atom stereocenters. The molecule has 2 aromatic carbocycles. The molecule has 0 atom stereocenters. The molecule has 0 bridgehead atoms. The standard InChI is InChI=1S/C19H16N2O6S.Na/c22-18(21-20-13-16-11-12-17(27-16)28(24,25)26)19(23,14-7-3-1-4-8-14)15-9-5-2-6-10-15;/h1-13,23H,(H,21,22)(H,24,25,26);/q;+1/p-1. The Kier molecular flexibility index (Phi) is 7.53. The molecule has 0 aliphatic carbocycles. The first-order valence-electron chi connectivity index (χ1n) is 8.04. The number of furan rings is 1. The van der Waals surface area contributed by atoms with E-state index in [1.165, 1.54) is 6.07 Å². The SMILES string of the molecule is O=C(NN=Cc1ccc(S(=O)(=O)[O-])o1)C(O)(c1ccccc1)c1ccccc1.[Na+]. The van der Waals surface area contributed by atoms with Crippen molar-refractivity contribution in [2.45, 2.75) is 10.7 Å². The van der Waals surface area contributed by atoms with Gasteiger partial charge in [0.25, 0.3) is 5.91 Å². The molecule has 8 nitrogen and oxygen atoms in total. The molecule has 3 aromatic rings. The minimum absolute atomic E-state index is 0. The number of hydrogen-bond acceptors (Lipinski definition) is 7. The predicted molar refractivity (Wildman–Crippen MR) is 98.3 cm³/mol. The van der Waals surface area contributed by atoms with Gasteiger partial charge in [-0.25, -0.2) is 13.8 Å². The van der Waals surface area contributed by atoms with Gasteiger partial charge in [0.15, 0.2) is 15.7 Å². The average Bonchev–Trinajstić information content (AvgIpc) is 3.18. The van der Waals surface area contributed by atoms with E-state index in [0.29, 0.717) is 11.1 Å². The molecule has 2 N–H and O–H groups in total. The van der Waals surface area contributed by atoms with Crippen molar-refractivity contribution in [1.82, 2.24) is 5.43 Å². The summed E-state index contributed by atoms with van der Waals surface area (Å²) in [5, 5.41) is 14.1. The van der Waals surface area contributed by atoms with Gasteiger partial charge in [0.05, 0.1) is 6.21 Å². The Hall–Kier alpha value is -2.27. The third kappa shape index (κ3) is 5.21. The van der Waals surface area contributed by atoms with E-state index >= 15 is 0 Å². The van der Waals surface area contributed by atoms with Crippen molar-refractivity contribution in [3.05, 3.63) is 89.7 Å². The number of aliphatic hydroxyl groups is 1. The van der Waals surface area contributed by atoms with E-state index in [9.17, 15) is 22.9 Å². The second-order valence-corrected chi connectivity index (χ2v) is 7.06. The summed E-state index contributed by atoms with van der Waals surface area (Å²) in [6.45, 7) is 0. The second-order valence-electron chi connectivity index (χ2n) is 5.75. The van der Waals surface area contributed by atoms with Crippen LogP contribution in [0.25, 0.3) is 0 Å². The Labute approximate surface area is 189 Å². The number of nitrogens with zero attached hydrogens (tertiary/aromatic N) is 1. The summed E-state index contributed by atoms with van der Waals surface area (Å²) in [6, 6.07) is 18.9. The fraction of sp³-hybridized carbons (Fsp3) is 0.0526. The topological polar surface area (TPSA) is 132 Å². The van der Waals surface area contributed by atoms with E-state index < -0.39 is 26.7 Å². The Morgan fingerprint density at radius 3 is 1.97 bits per heavy atom. The fourth-order valence-electron chi connectivity index (χ4n) is 2.56. The van der Waals surface area contributed by atoms with Gasteiger partial charge in [-0.1, -0.05) is 60.7 Å². The minimum Gasteiger partial charge on any atom is -0.742 e. The zero-order valence-corrected chi connectivity index (χ0v) is 18.2. The number of carbonyl (C=O) groups excluding carboxylic acids is 1. The summed E-state index contributed by atoms with van der Waals surface area (Å²) < 4.78 is 37.5. The maximum absolute atomic E-state index is 12.8. The van der Waals surface area contributed by atoms with Crippen LogP contribution in [-0.4, -0.2) is 30.2 Å². The summed E-state index contributed by atoms with van der Waals surface area (Å²) in [4.78, 5) is 12.8. The van der Waals surface area contributed by atoms with Crippen LogP contribution in [-0.2, 0) is 20.5 Å². The first-order valence-corrected chi connectivity index (χ1v) is 9.45. The first kappa shape index (κ1) is 23.0. The Morgan fingerprint density at radius 2 is 1.52 bits per heavy atom. The van der Waals surface area contributed by atoms with Crippen LogP contribution in [0, 0.1) is 0 Å². The summed E-state index contributed by atoms with van der Waals surface area (Å²) in [7, 11) is -4.72. The van der Waals surface area contributed by atoms with Gasteiger partial charge in [-0.3, -0.25) is 4.79 Å². The van der Waals surface area contributed by atoms with Crippen LogP contribution in [0.3, 0.4) is 0 Å². The van der Waals surface area contributed by atoms with Crippen LogP contribution >= 0.6 is 0 Å². The van der Waals surface area contributed by atoms with Crippen molar-refractivity contribution in [2.24, 2.45) is 5.10 Å². The predicted octanol–water partition coefficient (Wildman–Crippen LogP) is -1.43. The average molecular weight is 422 g/mol. The zero-order chi connectivity index (χ0) is 20.2.